The number of carbonyl (C=O) groups is 1. The normalized spacial score (nSPS) is 12.3. The zero-order valence-electron chi connectivity index (χ0n) is 13.2. The molecule has 0 aromatic heterocycles. The second kappa shape index (κ2) is 7.90. The number of sulfonamides is 2. The number of halogens is 1. The molecule has 0 heterocycles. The van der Waals surface area contributed by atoms with Gasteiger partial charge in [-0.25, -0.2) is 25.5 Å². The largest absolute Gasteiger partial charge is 0.481 e. The third-order valence-corrected chi connectivity index (χ3v) is 6.36. The van der Waals surface area contributed by atoms with Crippen LogP contribution >= 0.6 is 0 Å². The van der Waals surface area contributed by atoms with Gasteiger partial charge in [-0.15, -0.1) is 0 Å². The number of carboxylic acids is 1. The first kappa shape index (κ1) is 20.3. The van der Waals surface area contributed by atoms with Crippen molar-refractivity contribution in [1.82, 2.24) is 4.31 Å². The molecule has 11 heteroatoms. The van der Waals surface area contributed by atoms with Gasteiger partial charge in [-0.05, 0) is 24.6 Å². The molecule has 136 valence electrons. The van der Waals surface area contributed by atoms with Gasteiger partial charge in [-0.1, -0.05) is 6.92 Å². The number of carboxylic acid groups (broad SMARTS) is 1. The average Bonchev–Trinajstić information content (AvgIpc) is 2.46. The van der Waals surface area contributed by atoms with Crippen LogP contribution in [0.15, 0.2) is 23.1 Å². The second-order valence-corrected chi connectivity index (χ2v) is 8.92. The van der Waals surface area contributed by atoms with Gasteiger partial charge in [0.1, 0.15) is 5.82 Å². The van der Waals surface area contributed by atoms with E-state index in [1.165, 1.54) is 7.05 Å². The Balaban J connectivity index is 3.04. The Morgan fingerprint density at radius 3 is 2.42 bits per heavy atom. The summed E-state index contributed by atoms with van der Waals surface area (Å²) in [5, 5.41) is 8.58. The summed E-state index contributed by atoms with van der Waals surface area (Å²) < 4.78 is 64.6. The van der Waals surface area contributed by atoms with E-state index in [1.54, 1.807) is 6.92 Å². The highest BCUT2D eigenvalue weighted by Gasteiger charge is 2.23. The molecule has 0 aliphatic rings. The van der Waals surface area contributed by atoms with E-state index in [2.05, 4.69) is 0 Å². The topological polar surface area (TPSA) is 121 Å². The average molecular weight is 382 g/mol. The minimum atomic E-state index is -4.08. The van der Waals surface area contributed by atoms with Crippen LogP contribution in [0.25, 0.3) is 0 Å². The van der Waals surface area contributed by atoms with Crippen LogP contribution in [0.4, 0.5) is 10.1 Å². The maximum Gasteiger partial charge on any atom is 0.304 e. The predicted octanol–water partition coefficient (Wildman–Crippen LogP) is 1.07. The summed E-state index contributed by atoms with van der Waals surface area (Å²) in [6.45, 7) is 1.38. The highest BCUT2D eigenvalue weighted by Crippen LogP contribution is 2.22. The molecule has 0 bridgehead atoms. The van der Waals surface area contributed by atoms with E-state index < -0.39 is 43.1 Å². The van der Waals surface area contributed by atoms with Crippen molar-refractivity contribution in [2.45, 2.75) is 24.7 Å². The van der Waals surface area contributed by atoms with Crippen LogP contribution in [0, 0.1) is 5.82 Å². The lowest BCUT2D eigenvalue weighted by Crippen LogP contribution is -2.29. The quantitative estimate of drug-likeness (QED) is 0.659. The smallest absolute Gasteiger partial charge is 0.304 e. The standard InChI is InChI=1S/C13H19FN2O6S2/c1-3-8-23(19,20)15-12-5-4-10(9-11(12)14)24(21,22)16(2)7-6-13(17)18/h4-5,9,15H,3,6-8H2,1-2H3,(H,17,18). The van der Waals surface area contributed by atoms with Gasteiger partial charge in [0, 0.05) is 13.6 Å². The van der Waals surface area contributed by atoms with Crippen LogP contribution in [0.5, 0.6) is 0 Å². The summed E-state index contributed by atoms with van der Waals surface area (Å²) in [5.74, 6) is -2.39. The first-order valence-electron chi connectivity index (χ1n) is 6.98. The molecular formula is C13H19FN2O6S2. The van der Waals surface area contributed by atoms with Crippen molar-refractivity contribution in [2.75, 3.05) is 24.1 Å². The van der Waals surface area contributed by atoms with E-state index in [9.17, 15) is 26.0 Å². The molecule has 0 fully saturated rings. The zero-order valence-corrected chi connectivity index (χ0v) is 14.8. The zero-order chi connectivity index (χ0) is 18.5. The second-order valence-electron chi connectivity index (χ2n) is 5.03. The van der Waals surface area contributed by atoms with Crippen molar-refractivity contribution in [3.05, 3.63) is 24.0 Å². The summed E-state index contributed by atoms with van der Waals surface area (Å²) >= 11 is 0. The molecule has 8 nitrogen and oxygen atoms in total. The van der Waals surface area contributed by atoms with E-state index in [1.807, 2.05) is 4.72 Å². The molecule has 24 heavy (non-hydrogen) atoms. The van der Waals surface area contributed by atoms with E-state index in [-0.39, 0.29) is 18.0 Å². The lowest BCUT2D eigenvalue weighted by molar-refractivity contribution is -0.137. The minimum absolute atomic E-state index is 0.190. The first-order chi connectivity index (χ1) is 11.0. The number of hydrogen-bond acceptors (Lipinski definition) is 5. The fourth-order valence-corrected chi connectivity index (χ4v) is 4.10. The summed E-state index contributed by atoms with van der Waals surface area (Å²) in [6.07, 6.45) is -0.0507. The van der Waals surface area contributed by atoms with Crippen molar-refractivity contribution in [2.24, 2.45) is 0 Å². The molecule has 0 aliphatic carbocycles. The number of nitrogens with one attached hydrogen (secondary N) is 1. The Labute approximate surface area is 140 Å². The fourth-order valence-electron chi connectivity index (χ4n) is 1.78. The molecule has 1 rings (SSSR count). The maximum absolute atomic E-state index is 14.0. The van der Waals surface area contributed by atoms with Crippen LogP contribution in [0.3, 0.4) is 0 Å². The van der Waals surface area contributed by atoms with E-state index >= 15 is 0 Å². The Kier molecular flexibility index (Phi) is 6.69. The lowest BCUT2D eigenvalue weighted by atomic mass is 10.3. The number of hydrogen-bond donors (Lipinski definition) is 2. The monoisotopic (exact) mass is 382 g/mol. The molecule has 0 unspecified atom stereocenters. The summed E-state index contributed by atoms with van der Waals surface area (Å²) in [7, 11) is -6.61. The van der Waals surface area contributed by atoms with Crippen molar-refractivity contribution < 1.29 is 31.1 Å². The number of aliphatic carboxylic acids is 1. The Hall–Kier alpha value is -1.72. The van der Waals surface area contributed by atoms with Gasteiger partial charge in [0.15, 0.2) is 0 Å². The Morgan fingerprint density at radius 1 is 1.29 bits per heavy atom. The van der Waals surface area contributed by atoms with Gasteiger partial charge in [-0.2, -0.15) is 0 Å². The molecule has 0 saturated carbocycles. The maximum atomic E-state index is 14.0. The van der Waals surface area contributed by atoms with Crippen LogP contribution in [0.1, 0.15) is 19.8 Å². The SMILES string of the molecule is CCCS(=O)(=O)Nc1ccc(S(=O)(=O)N(C)CCC(=O)O)cc1F. The van der Waals surface area contributed by atoms with Gasteiger partial charge in [-0.3, -0.25) is 9.52 Å². The summed E-state index contributed by atoms with van der Waals surface area (Å²) in [6, 6.07) is 2.76. The minimum Gasteiger partial charge on any atom is -0.481 e. The van der Waals surface area contributed by atoms with Gasteiger partial charge < -0.3 is 5.11 Å². The number of nitrogens with zero attached hydrogens (tertiary/aromatic N) is 1. The van der Waals surface area contributed by atoms with Gasteiger partial charge in [0.05, 0.1) is 22.8 Å². The van der Waals surface area contributed by atoms with Crippen molar-refractivity contribution in [3.63, 3.8) is 0 Å². The molecular weight excluding hydrogens is 363 g/mol. The molecule has 0 radical (unpaired) electrons. The van der Waals surface area contributed by atoms with E-state index in [0.29, 0.717) is 12.5 Å². The van der Waals surface area contributed by atoms with E-state index in [0.717, 1.165) is 16.4 Å². The Bertz CT molecular complexity index is 808. The van der Waals surface area contributed by atoms with Crippen molar-refractivity contribution in [1.29, 1.82) is 0 Å². The first-order valence-corrected chi connectivity index (χ1v) is 10.1. The van der Waals surface area contributed by atoms with E-state index in [4.69, 9.17) is 5.11 Å². The Morgan fingerprint density at radius 2 is 1.92 bits per heavy atom. The molecule has 1 aromatic rings. The van der Waals surface area contributed by atoms with Gasteiger partial charge in [0.2, 0.25) is 20.0 Å². The number of anilines is 1. The molecule has 1 aromatic carbocycles. The molecule has 0 spiro atoms. The van der Waals surface area contributed by atoms with Crippen LogP contribution in [0.2, 0.25) is 0 Å². The highest BCUT2D eigenvalue weighted by molar-refractivity contribution is 7.92. The van der Waals surface area contributed by atoms with Crippen molar-refractivity contribution in [3.8, 4) is 0 Å². The summed E-state index contributed by atoms with van der Waals surface area (Å²) in [5.41, 5.74) is -0.351. The van der Waals surface area contributed by atoms with Crippen molar-refractivity contribution >= 4 is 31.7 Å². The molecule has 0 amide bonds. The predicted molar refractivity (Wildman–Crippen MR) is 86.2 cm³/mol. The lowest BCUT2D eigenvalue weighted by Gasteiger charge is -2.17. The van der Waals surface area contributed by atoms with Gasteiger partial charge >= 0.3 is 5.97 Å². The third kappa shape index (κ3) is 5.42. The summed E-state index contributed by atoms with van der Waals surface area (Å²) in [4.78, 5) is 10.1. The highest BCUT2D eigenvalue weighted by atomic mass is 32.2. The number of benzene rings is 1. The molecule has 2 N–H and O–H groups in total. The van der Waals surface area contributed by atoms with Crippen LogP contribution in [-0.4, -0.2) is 51.6 Å². The number of rotatable bonds is 9. The van der Waals surface area contributed by atoms with Gasteiger partial charge in [0.25, 0.3) is 0 Å². The third-order valence-electron chi connectivity index (χ3n) is 3.03. The molecule has 0 aliphatic heterocycles. The molecule has 0 saturated heterocycles. The fraction of sp³-hybridized carbons (Fsp3) is 0.462. The van der Waals surface area contributed by atoms with Crippen LogP contribution < -0.4 is 4.72 Å². The molecule has 0 atom stereocenters. The van der Waals surface area contributed by atoms with Crippen LogP contribution in [-0.2, 0) is 24.8 Å².